The zero-order valence-corrected chi connectivity index (χ0v) is 15.2. The standard InChI is InChI=1S/C21H21N5O/c1-16-24-19-9-5-6-10-20(19)25(16)12-11-22-21(27)13-17-14-23-26(15-17)18-7-3-2-4-8-18/h2-10,14-15H,11-13H2,1H3,(H,22,27). The molecule has 0 aliphatic carbocycles. The molecule has 0 saturated heterocycles. The molecule has 6 nitrogen and oxygen atoms in total. The highest BCUT2D eigenvalue weighted by atomic mass is 16.1. The van der Waals surface area contributed by atoms with Crippen LogP contribution in [-0.4, -0.2) is 31.8 Å². The molecule has 2 aromatic heterocycles. The average Bonchev–Trinajstić information content (AvgIpc) is 3.27. The molecule has 136 valence electrons. The van der Waals surface area contributed by atoms with Gasteiger partial charge >= 0.3 is 0 Å². The second kappa shape index (κ2) is 7.45. The average molecular weight is 359 g/mol. The van der Waals surface area contributed by atoms with E-state index < -0.39 is 0 Å². The molecule has 0 fully saturated rings. The Bertz CT molecular complexity index is 1060. The van der Waals surface area contributed by atoms with Crippen LogP contribution in [0.3, 0.4) is 0 Å². The number of hydrogen-bond donors (Lipinski definition) is 1. The van der Waals surface area contributed by atoms with E-state index in [9.17, 15) is 4.79 Å². The SMILES string of the molecule is Cc1nc2ccccc2n1CCNC(=O)Cc1cnn(-c2ccccc2)c1. The maximum Gasteiger partial charge on any atom is 0.224 e. The number of benzene rings is 2. The number of fused-ring (bicyclic) bond motifs is 1. The molecule has 0 aliphatic rings. The van der Waals surface area contributed by atoms with Gasteiger partial charge in [-0.25, -0.2) is 9.67 Å². The zero-order chi connectivity index (χ0) is 18.6. The van der Waals surface area contributed by atoms with Crippen LogP contribution in [0.2, 0.25) is 0 Å². The van der Waals surface area contributed by atoms with Gasteiger partial charge in [-0.1, -0.05) is 30.3 Å². The van der Waals surface area contributed by atoms with Gasteiger partial charge in [0.25, 0.3) is 0 Å². The van der Waals surface area contributed by atoms with Gasteiger partial charge < -0.3 is 9.88 Å². The van der Waals surface area contributed by atoms with E-state index in [1.54, 1.807) is 10.9 Å². The number of aryl methyl sites for hydroxylation is 1. The molecule has 6 heteroatoms. The van der Waals surface area contributed by atoms with Crippen molar-refractivity contribution in [2.75, 3.05) is 6.54 Å². The van der Waals surface area contributed by atoms with Crippen molar-refractivity contribution in [3.8, 4) is 5.69 Å². The largest absolute Gasteiger partial charge is 0.354 e. The molecule has 2 heterocycles. The van der Waals surface area contributed by atoms with Gasteiger partial charge in [-0.15, -0.1) is 0 Å². The van der Waals surface area contributed by atoms with Gasteiger partial charge in [0.2, 0.25) is 5.91 Å². The van der Waals surface area contributed by atoms with Gasteiger partial charge in [0, 0.05) is 19.3 Å². The number of nitrogens with one attached hydrogen (secondary N) is 1. The summed E-state index contributed by atoms with van der Waals surface area (Å²) < 4.78 is 3.91. The first-order valence-corrected chi connectivity index (χ1v) is 8.98. The van der Waals surface area contributed by atoms with E-state index in [-0.39, 0.29) is 5.91 Å². The maximum absolute atomic E-state index is 12.3. The number of hydrogen-bond acceptors (Lipinski definition) is 3. The van der Waals surface area contributed by atoms with Crippen molar-refractivity contribution in [2.24, 2.45) is 0 Å². The molecule has 0 aliphatic heterocycles. The van der Waals surface area contributed by atoms with E-state index in [4.69, 9.17) is 0 Å². The lowest BCUT2D eigenvalue weighted by Crippen LogP contribution is -2.28. The summed E-state index contributed by atoms with van der Waals surface area (Å²) in [6.07, 6.45) is 3.94. The third-order valence-electron chi connectivity index (χ3n) is 4.52. The first kappa shape index (κ1) is 17.0. The van der Waals surface area contributed by atoms with Crippen molar-refractivity contribution < 1.29 is 4.79 Å². The molecule has 2 aromatic carbocycles. The molecule has 4 rings (SSSR count). The molecule has 27 heavy (non-hydrogen) atoms. The number of amides is 1. The second-order valence-electron chi connectivity index (χ2n) is 6.45. The topological polar surface area (TPSA) is 64.7 Å². The van der Waals surface area contributed by atoms with Crippen molar-refractivity contribution in [1.29, 1.82) is 0 Å². The normalized spacial score (nSPS) is 11.0. The number of para-hydroxylation sites is 3. The molecule has 0 bridgehead atoms. The minimum absolute atomic E-state index is 0.00955. The monoisotopic (exact) mass is 359 g/mol. The van der Waals surface area contributed by atoms with Crippen molar-refractivity contribution >= 4 is 16.9 Å². The van der Waals surface area contributed by atoms with Crippen LogP contribution < -0.4 is 5.32 Å². The van der Waals surface area contributed by atoms with E-state index >= 15 is 0 Å². The Morgan fingerprint density at radius 3 is 2.70 bits per heavy atom. The van der Waals surface area contributed by atoms with Gasteiger partial charge in [0.15, 0.2) is 0 Å². The Morgan fingerprint density at radius 1 is 1.07 bits per heavy atom. The number of carbonyl (C=O) groups excluding carboxylic acids is 1. The van der Waals surface area contributed by atoms with Crippen LogP contribution in [0.5, 0.6) is 0 Å². The van der Waals surface area contributed by atoms with Crippen LogP contribution in [-0.2, 0) is 17.8 Å². The first-order valence-electron chi connectivity index (χ1n) is 8.98. The van der Waals surface area contributed by atoms with E-state index in [0.29, 0.717) is 19.5 Å². The van der Waals surface area contributed by atoms with E-state index in [0.717, 1.165) is 28.1 Å². The van der Waals surface area contributed by atoms with Crippen LogP contribution in [0.4, 0.5) is 0 Å². The van der Waals surface area contributed by atoms with Crippen molar-refractivity contribution in [2.45, 2.75) is 19.9 Å². The van der Waals surface area contributed by atoms with Gasteiger partial charge in [-0.2, -0.15) is 5.10 Å². The summed E-state index contributed by atoms with van der Waals surface area (Å²) in [5, 5.41) is 7.32. The fourth-order valence-corrected chi connectivity index (χ4v) is 3.21. The second-order valence-corrected chi connectivity index (χ2v) is 6.45. The Balaban J connectivity index is 1.34. The lowest BCUT2D eigenvalue weighted by Gasteiger charge is -2.08. The number of imidazole rings is 1. The summed E-state index contributed by atoms with van der Waals surface area (Å²) in [6, 6.07) is 17.9. The minimum atomic E-state index is -0.00955. The highest BCUT2D eigenvalue weighted by molar-refractivity contribution is 5.78. The molecular weight excluding hydrogens is 338 g/mol. The lowest BCUT2D eigenvalue weighted by atomic mass is 10.2. The number of rotatable bonds is 6. The molecule has 0 saturated carbocycles. The summed E-state index contributed by atoms with van der Waals surface area (Å²) in [7, 11) is 0. The number of aromatic nitrogens is 4. The summed E-state index contributed by atoms with van der Waals surface area (Å²) in [5.74, 6) is 0.944. The molecule has 0 unspecified atom stereocenters. The van der Waals surface area contributed by atoms with Crippen LogP contribution in [0.1, 0.15) is 11.4 Å². The fourth-order valence-electron chi connectivity index (χ4n) is 3.21. The Labute approximate surface area is 157 Å². The minimum Gasteiger partial charge on any atom is -0.354 e. The zero-order valence-electron chi connectivity index (χ0n) is 15.2. The molecule has 0 atom stereocenters. The Hall–Kier alpha value is -3.41. The number of carbonyl (C=O) groups is 1. The lowest BCUT2D eigenvalue weighted by molar-refractivity contribution is -0.120. The third kappa shape index (κ3) is 3.74. The van der Waals surface area contributed by atoms with Crippen LogP contribution in [0.25, 0.3) is 16.7 Å². The van der Waals surface area contributed by atoms with Gasteiger partial charge in [-0.3, -0.25) is 4.79 Å². The predicted molar refractivity (Wildman–Crippen MR) is 105 cm³/mol. The van der Waals surface area contributed by atoms with E-state index in [1.807, 2.05) is 61.7 Å². The quantitative estimate of drug-likeness (QED) is 0.576. The van der Waals surface area contributed by atoms with Crippen LogP contribution >= 0.6 is 0 Å². The molecule has 1 N–H and O–H groups in total. The predicted octanol–water partition coefficient (Wildman–Crippen LogP) is 2.89. The van der Waals surface area contributed by atoms with Crippen LogP contribution in [0.15, 0.2) is 67.0 Å². The molecule has 0 spiro atoms. The summed E-state index contributed by atoms with van der Waals surface area (Å²) >= 11 is 0. The molecular formula is C21H21N5O. The number of nitrogens with zero attached hydrogens (tertiary/aromatic N) is 4. The third-order valence-corrected chi connectivity index (χ3v) is 4.52. The molecule has 4 aromatic rings. The first-order chi connectivity index (χ1) is 13.2. The fraction of sp³-hybridized carbons (Fsp3) is 0.190. The van der Waals surface area contributed by atoms with E-state index in [1.165, 1.54) is 0 Å². The summed E-state index contributed by atoms with van der Waals surface area (Å²) in [4.78, 5) is 16.8. The summed E-state index contributed by atoms with van der Waals surface area (Å²) in [6.45, 7) is 3.24. The van der Waals surface area contributed by atoms with Gasteiger partial charge in [0.05, 0.1) is 29.3 Å². The highest BCUT2D eigenvalue weighted by Crippen LogP contribution is 2.14. The van der Waals surface area contributed by atoms with Crippen LogP contribution in [0, 0.1) is 6.92 Å². The molecule has 1 amide bonds. The van der Waals surface area contributed by atoms with Gasteiger partial charge in [-0.05, 0) is 36.8 Å². The van der Waals surface area contributed by atoms with Gasteiger partial charge in [0.1, 0.15) is 5.82 Å². The Morgan fingerprint density at radius 2 is 1.85 bits per heavy atom. The maximum atomic E-state index is 12.3. The van der Waals surface area contributed by atoms with Crippen molar-refractivity contribution in [3.63, 3.8) is 0 Å². The van der Waals surface area contributed by atoms with Crippen molar-refractivity contribution in [3.05, 3.63) is 78.4 Å². The Kier molecular flexibility index (Phi) is 4.70. The van der Waals surface area contributed by atoms with Crippen molar-refractivity contribution in [1.82, 2.24) is 24.6 Å². The van der Waals surface area contributed by atoms with E-state index in [2.05, 4.69) is 26.0 Å². The molecule has 0 radical (unpaired) electrons. The summed E-state index contributed by atoms with van der Waals surface area (Å²) in [5.41, 5.74) is 3.94. The smallest absolute Gasteiger partial charge is 0.224 e. The highest BCUT2D eigenvalue weighted by Gasteiger charge is 2.09.